The molecule has 6 rings (SSSR count). The van der Waals surface area contributed by atoms with Crippen molar-refractivity contribution in [2.45, 2.75) is 44.6 Å². The number of nitrogens with zero attached hydrogens (tertiary/aromatic N) is 4. The molecule has 3 aromatic rings. The Hall–Kier alpha value is -4.41. The average Bonchev–Trinajstić information content (AvgIpc) is 3.23. The number of hydrogen-bond acceptors (Lipinski definition) is 8. The number of barbiturate groups is 1. The van der Waals surface area contributed by atoms with Crippen molar-refractivity contribution in [2.24, 2.45) is 5.41 Å². The lowest BCUT2D eigenvalue weighted by Gasteiger charge is -2.50. The molecular formula is C29H31N5O6. The molecule has 208 valence electrons. The van der Waals surface area contributed by atoms with Gasteiger partial charge in [0.2, 0.25) is 11.8 Å². The van der Waals surface area contributed by atoms with Crippen LogP contribution in [0, 0.1) is 5.41 Å². The van der Waals surface area contributed by atoms with E-state index in [-0.39, 0.29) is 18.5 Å². The third-order valence-corrected chi connectivity index (χ3v) is 8.42. The van der Waals surface area contributed by atoms with E-state index in [1.807, 2.05) is 17.0 Å². The summed E-state index contributed by atoms with van der Waals surface area (Å²) in [5.74, 6) is 0.429. The second-order valence-electron chi connectivity index (χ2n) is 10.5. The zero-order valence-electron chi connectivity index (χ0n) is 22.5. The summed E-state index contributed by atoms with van der Waals surface area (Å²) in [7, 11) is 3.09. The fourth-order valence-corrected chi connectivity index (χ4v) is 6.41. The molecule has 1 aromatic carbocycles. The van der Waals surface area contributed by atoms with Crippen LogP contribution in [0.4, 0.5) is 10.6 Å². The van der Waals surface area contributed by atoms with Crippen LogP contribution in [0.2, 0.25) is 0 Å². The smallest absolute Gasteiger partial charge is 0.330 e. The van der Waals surface area contributed by atoms with Gasteiger partial charge in [-0.3, -0.25) is 29.0 Å². The summed E-state index contributed by atoms with van der Waals surface area (Å²) in [5, 5.41) is 2.46. The molecule has 2 unspecified atom stereocenters. The number of fused-ring (bicyclic) bond motifs is 5. The topological polar surface area (TPSA) is 123 Å². The van der Waals surface area contributed by atoms with E-state index in [2.05, 4.69) is 5.32 Å². The average molecular weight is 546 g/mol. The number of aromatic nitrogens is 2. The van der Waals surface area contributed by atoms with E-state index in [1.54, 1.807) is 44.7 Å². The Kier molecular flexibility index (Phi) is 6.44. The molecule has 0 saturated carbocycles. The quantitative estimate of drug-likeness (QED) is 0.485. The highest BCUT2D eigenvalue weighted by Gasteiger charge is 2.62. The molecule has 2 aromatic heterocycles. The van der Waals surface area contributed by atoms with E-state index >= 15 is 0 Å². The number of carbonyl (C=O) groups excluding carboxylic acids is 3. The molecule has 4 amide bonds. The lowest BCUT2D eigenvalue weighted by molar-refractivity contribution is -0.153. The van der Waals surface area contributed by atoms with Crippen LogP contribution in [-0.2, 0) is 22.4 Å². The number of anilines is 1. The zero-order valence-corrected chi connectivity index (χ0v) is 22.5. The van der Waals surface area contributed by atoms with E-state index in [0.717, 1.165) is 29.7 Å². The van der Waals surface area contributed by atoms with Gasteiger partial charge in [-0.2, -0.15) is 0 Å². The number of rotatable bonds is 5. The first-order valence-corrected chi connectivity index (χ1v) is 13.5. The lowest BCUT2D eigenvalue weighted by Crippen LogP contribution is -2.72. The van der Waals surface area contributed by atoms with Crippen LogP contribution in [0.1, 0.15) is 36.8 Å². The van der Waals surface area contributed by atoms with Gasteiger partial charge < -0.3 is 14.4 Å². The number of urea groups is 1. The Balaban J connectivity index is 1.41. The van der Waals surface area contributed by atoms with Crippen molar-refractivity contribution in [2.75, 3.05) is 32.2 Å². The first kappa shape index (κ1) is 25.8. The number of imide groups is 2. The number of carbonyl (C=O) groups is 3. The first-order valence-electron chi connectivity index (χ1n) is 13.5. The van der Waals surface area contributed by atoms with Gasteiger partial charge in [0.25, 0.3) is 5.56 Å². The van der Waals surface area contributed by atoms with Crippen LogP contribution in [0.5, 0.6) is 11.5 Å². The van der Waals surface area contributed by atoms with Crippen molar-refractivity contribution in [3.05, 3.63) is 64.1 Å². The largest absolute Gasteiger partial charge is 0.493 e. The predicted octanol–water partition coefficient (Wildman–Crippen LogP) is 2.32. The zero-order chi connectivity index (χ0) is 28.0. The molecule has 2 fully saturated rings. The van der Waals surface area contributed by atoms with E-state index < -0.39 is 29.3 Å². The lowest BCUT2D eigenvalue weighted by atomic mass is 9.68. The van der Waals surface area contributed by atoms with Crippen LogP contribution in [-0.4, -0.2) is 65.5 Å². The second kappa shape index (κ2) is 9.96. The number of benzene rings is 1. The van der Waals surface area contributed by atoms with Crippen LogP contribution >= 0.6 is 0 Å². The number of pyridine rings is 1. The minimum atomic E-state index is -1.62. The van der Waals surface area contributed by atoms with Gasteiger partial charge in [0.15, 0.2) is 16.9 Å². The summed E-state index contributed by atoms with van der Waals surface area (Å²) in [4.78, 5) is 62.8. The van der Waals surface area contributed by atoms with E-state index in [9.17, 15) is 19.2 Å². The monoisotopic (exact) mass is 545 g/mol. The number of amides is 4. The molecule has 1 spiro atoms. The van der Waals surface area contributed by atoms with Crippen LogP contribution < -0.4 is 25.2 Å². The van der Waals surface area contributed by atoms with Crippen molar-refractivity contribution in [3.63, 3.8) is 0 Å². The summed E-state index contributed by atoms with van der Waals surface area (Å²) >= 11 is 0. The van der Waals surface area contributed by atoms with Gasteiger partial charge in [0, 0.05) is 25.7 Å². The van der Waals surface area contributed by atoms with Crippen LogP contribution in [0.25, 0.3) is 5.65 Å². The summed E-state index contributed by atoms with van der Waals surface area (Å²) in [6.45, 7) is 0.624. The third-order valence-electron chi connectivity index (χ3n) is 8.42. The fraction of sp³-hybridized carbons (Fsp3) is 0.414. The van der Waals surface area contributed by atoms with Crippen LogP contribution in [0.3, 0.4) is 0 Å². The van der Waals surface area contributed by atoms with Gasteiger partial charge in [0.05, 0.1) is 25.8 Å². The molecule has 3 aliphatic heterocycles. The highest BCUT2D eigenvalue weighted by Crippen LogP contribution is 2.45. The highest BCUT2D eigenvalue weighted by atomic mass is 16.5. The van der Waals surface area contributed by atoms with Crippen molar-refractivity contribution in [3.8, 4) is 11.5 Å². The predicted molar refractivity (Wildman–Crippen MR) is 146 cm³/mol. The van der Waals surface area contributed by atoms with Crippen molar-refractivity contribution in [1.29, 1.82) is 0 Å². The number of methoxy groups -OCH3 is 2. The van der Waals surface area contributed by atoms with Gasteiger partial charge in [-0.05, 0) is 49.1 Å². The molecule has 11 nitrogen and oxygen atoms in total. The van der Waals surface area contributed by atoms with E-state index in [1.165, 1.54) is 4.40 Å². The Morgan fingerprint density at radius 2 is 1.85 bits per heavy atom. The fourth-order valence-electron chi connectivity index (χ4n) is 6.41. The Bertz CT molecular complexity index is 1580. The van der Waals surface area contributed by atoms with Crippen molar-refractivity contribution < 1.29 is 23.9 Å². The van der Waals surface area contributed by atoms with Crippen LogP contribution in [0.15, 0.2) is 47.4 Å². The maximum absolute atomic E-state index is 14.4. The normalized spacial score (nSPS) is 22.6. The maximum atomic E-state index is 14.4. The molecule has 0 aliphatic carbocycles. The molecule has 1 N–H and O–H groups in total. The van der Waals surface area contributed by atoms with Gasteiger partial charge >= 0.3 is 6.03 Å². The van der Waals surface area contributed by atoms with Crippen molar-refractivity contribution >= 4 is 29.3 Å². The molecule has 5 heterocycles. The van der Waals surface area contributed by atoms with Crippen molar-refractivity contribution in [1.82, 2.24) is 19.6 Å². The van der Waals surface area contributed by atoms with Gasteiger partial charge in [-0.1, -0.05) is 25.0 Å². The molecular weight excluding hydrogens is 514 g/mol. The summed E-state index contributed by atoms with van der Waals surface area (Å²) in [6.07, 6.45) is 5.05. The molecule has 11 heteroatoms. The Labute approximate surface area is 230 Å². The SMILES string of the molecule is COc1ccc(CCN2C(=O)NC(=O)C3(Cc4c(nc5ccccn5c4=O)N4CCCCCC43)C2=O)cc1OC. The minimum Gasteiger partial charge on any atom is -0.493 e. The standard InChI is InChI=1S/C29H31N5O6/c1-39-20-11-10-18(16-21(20)40-2)12-15-34-27(37)29(26(36)31-28(34)38)17-19-24(32-13-6-3-4-8-22(29)32)30-23-9-5-7-14-33(23)25(19)35/h5,7,9-11,14,16,22H,3-4,6,8,12-13,15,17H2,1-2H3,(H,31,36,38). The number of hydrogen-bond donors (Lipinski definition) is 1. The summed E-state index contributed by atoms with van der Waals surface area (Å²) in [5.41, 5.74) is -0.261. The molecule has 2 saturated heterocycles. The maximum Gasteiger partial charge on any atom is 0.330 e. The number of ether oxygens (including phenoxy) is 2. The molecule has 40 heavy (non-hydrogen) atoms. The van der Waals surface area contributed by atoms with Gasteiger partial charge in [-0.25, -0.2) is 9.78 Å². The first-order chi connectivity index (χ1) is 19.4. The Morgan fingerprint density at radius 1 is 1.02 bits per heavy atom. The molecule has 0 bridgehead atoms. The minimum absolute atomic E-state index is 0.0592. The van der Waals surface area contributed by atoms with E-state index in [4.69, 9.17) is 14.5 Å². The summed E-state index contributed by atoms with van der Waals surface area (Å²) in [6, 6.07) is 9.46. The van der Waals surface area contributed by atoms with Gasteiger partial charge in [-0.15, -0.1) is 0 Å². The molecule has 3 aliphatic rings. The third kappa shape index (κ3) is 3.90. The Morgan fingerprint density at radius 3 is 2.65 bits per heavy atom. The van der Waals surface area contributed by atoms with Gasteiger partial charge in [0.1, 0.15) is 11.5 Å². The van der Waals surface area contributed by atoms with E-state index in [0.29, 0.717) is 47.9 Å². The molecule has 2 atom stereocenters. The second-order valence-corrected chi connectivity index (χ2v) is 10.5. The summed E-state index contributed by atoms with van der Waals surface area (Å²) < 4.78 is 12.1. The molecule has 0 radical (unpaired) electrons. The highest BCUT2D eigenvalue weighted by molar-refractivity contribution is 6.20. The number of nitrogens with one attached hydrogen (secondary N) is 1.